The number of nitrogens with one attached hydrogen (secondary N) is 1. The fraction of sp³-hybridized carbons (Fsp3) is 0.250. The van der Waals surface area contributed by atoms with Crippen LogP contribution in [0.25, 0.3) is 0 Å². The first-order chi connectivity index (χ1) is 16.4. The number of rotatable bonds is 5. The van der Waals surface area contributed by atoms with Gasteiger partial charge in [-0.2, -0.15) is 0 Å². The van der Waals surface area contributed by atoms with Crippen molar-refractivity contribution in [2.24, 2.45) is 11.8 Å². The first-order valence-corrected chi connectivity index (χ1v) is 11.3. The van der Waals surface area contributed by atoms with E-state index in [1.165, 1.54) is 18.2 Å². The summed E-state index contributed by atoms with van der Waals surface area (Å²) in [6, 6.07) is 4.96. The van der Waals surface area contributed by atoms with Crippen LogP contribution in [0.5, 0.6) is 0 Å². The van der Waals surface area contributed by atoms with Crippen molar-refractivity contribution >= 4 is 17.5 Å². The van der Waals surface area contributed by atoms with Gasteiger partial charge >= 0.3 is 5.97 Å². The Morgan fingerprint density at radius 1 is 1.12 bits per heavy atom. The molecule has 4 atom stereocenters. The predicted molar refractivity (Wildman–Crippen MR) is 127 cm³/mol. The van der Waals surface area contributed by atoms with Crippen LogP contribution in [0.2, 0.25) is 0 Å². The maximum absolute atomic E-state index is 12.4. The van der Waals surface area contributed by atoms with E-state index in [2.05, 4.69) is 30.1 Å². The second-order valence-electron chi connectivity index (χ2n) is 9.05. The molecule has 1 aromatic rings. The number of hydrogen-bond acceptors (Lipinski definition) is 5. The molecule has 6 heteroatoms. The van der Waals surface area contributed by atoms with Crippen molar-refractivity contribution in [3.63, 3.8) is 0 Å². The van der Waals surface area contributed by atoms with E-state index in [9.17, 15) is 19.5 Å². The van der Waals surface area contributed by atoms with Gasteiger partial charge in [-0.3, -0.25) is 9.59 Å². The minimum atomic E-state index is -1.09. The summed E-state index contributed by atoms with van der Waals surface area (Å²) in [6.07, 6.45) is 14.4. The Labute approximate surface area is 197 Å². The van der Waals surface area contributed by atoms with Gasteiger partial charge < -0.3 is 15.2 Å². The lowest BCUT2D eigenvalue weighted by Crippen LogP contribution is -2.40. The van der Waals surface area contributed by atoms with Crippen LogP contribution in [0.1, 0.15) is 33.3 Å². The molecule has 4 aliphatic rings. The number of allylic oxidation sites excluding steroid dienone is 6. The van der Waals surface area contributed by atoms with Gasteiger partial charge in [0.15, 0.2) is 11.6 Å². The molecule has 1 aromatic carbocycles. The Kier molecular flexibility index (Phi) is 5.54. The maximum atomic E-state index is 12.4. The first-order valence-electron chi connectivity index (χ1n) is 11.3. The second-order valence-corrected chi connectivity index (χ2v) is 9.05. The second kappa shape index (κ2) is 8.54. The lowest BCUT2D eigenvalue weighted by atomic mass is 9.67. The summed E-state index contributed by atoms with van der Waals surface area (Å²) in [5.74, 6) is -2.38. The SMILES string of the molecule is C=C1C=CC2C(=C1)OC1C=C(CNC)C=CC1C2c1ccc(C2C(=O)C=CC2=O)cc1C(=O)O. The van der Waals surface area contributed by atoms with E-state index in [4.69, 9.17) is 4.74 Å². The Bertz CT molecular complexity index is 1240. The third kappa shape index (κ3) is 3.70. The first kappa shape index (κ1) is 22.0. The predicted octanol–water partition coefficient (Wildman–Crippen LogP) is 3.62. The fourth-order valence-corrected chi connectivity index (χ4v) is 5.39. The molecule has 0 radical (unpaired) electrons. The minimum Gasteiger partial charge on any atom is -0.489 e. The fourth-order valence-electron chi connectivity index (χ4n) is 5.39. The van der Waals surface area contributed by atoms with E-state index >= 15 is 0 Å². The highest BCUT2D eigenvalue weighted by Gasteiger charge is 2.44. The highest BCUT2D eigenvalue weighted by Crippen LogP contribution is 2.50. The third-order valence-electron chi connectivity index (χ3n) is 6.90. The summed E-state index contributed by atoms with van der Waals surface area (Å²) < 4.78 is 6.38. The molecule has 1 aliphatic heterocycles. The molecule has 0 aromatic heterocycles. The molecular weight excluding hydrogens is 430 g/mol. The highest BCUT2D eigenvalue weighted by molar-refractivity contribution is 6.22. The van der Waals surface area contributed by atoms with Crippen molar-refractivity contribution in [1.82, 2.24) is 5.32 Å². The van der Waals surface area contributed by atoms with Crippen LogP contribution in [0, 0.1) is 11.8 Å². The van der Waals surface area contributed by atoms with Crippen LogP contribution < -0.4 is 5.32 Å². The lowest BCUT2D eigenvalue weighted by molar-refractivity contribution is -0.122. The molecule has 6 nitrogen and oxygen atoms in total. The zero-order chi connectivity index (χ0) is 24.0. The molecule has 1 fully saturated rings. The number of ether oxygens (including phenoxy) is 1. The monoisotopic (exact) mass is 455 g/mol. The molecule has 34 heavy (non-hydrogen) atoms. The molecule has 1 saturated heterocycles. The van der Waals surface area contributed by atoms with Gasteiger partial charge in [-0.15, -0.1) is 0 Å². The Morgan fingerprint density at radius 2 is 1.88 bits per heavy atom. The molecule has 4 unspecified atom stereocenters. The lowest BCUT2D eigenvalue weighted by Gasteiger charge is -2.44. The number of carbonyl (C=O) groups excluding carboxylic acids is 2. The van der Waals surface area contributed by atoms with Gasteiger partial charge in [0.05, 0.1) is 5.56 Å². The number of ketones is 2. The van der Waals surface area contributed by atoms with Crippen molar-refractivity contribution in [2.75, 3.05) is 13.6 Å². The third-order valence-corrected chi connectivity index (χ3v) is 6.90. The number of carboxylic acids is 1. The summed E-state index contributed by atoms with van der Waals surface area (Å²) in [4.78, 5) is 36.9. The minimum absolute atomic E-state index is 0.0841. The number of benzene rings is 1. The number of fused-ring (bicyclic) bond motifs is 2. The summed E-state index contributed by atoms with van der Waals surface area (Å²) >= 11 is 0. The van der Waals surface area contributed by atoms with Crippen molar-refractivity contribution in [1.29, 1.82) is 0 Å². The normalized spacial score (nSPS) is 27.7. The number of likely N-dealkylation sites (N-methyl/N-ethyl adjacent to an activating group) is 1. The smallest absolute Gasteiger partial charge is 0.335 e. The largest absolute Gasteiger partial charge is 0.489 e. The van der Waals surface area contributed by atoms with Crippen LogP contribution in [-0.2, 0) is 14.3 Å². The van der Waals surface area contributed by atoms with E-state index in [0.29, 0.717) is 17.7 Å². The summed E-state index contributed by atoms with van der Waals surface area (Å²) in [6.45, 7) is 4.72. The van der Waals surface area contributed by atoms with Crippen molar-refractivity contribution in [2.45, 2.75) is 17.9 Å². The average molecular weight is 456 g/mol. The van der Waals surface area contributed by atoms with Gasteiger partial charge in [0, 0.05) is 24.3 Å². The van der Waals surface area contributed by atoms with E-state index in [-0.39, 0.29) is 41.0 Å². The maximum Gasteiger partial charge on any atom is 0.335 e. The zero-order valence-corrected chi connectivity index (χ0v) is 18.7. The topological polar surface area (TPSA) is 92.7 Å². The summed E-state index contributed by atoms with van der Waals surface area (Å²) in [5.41, 5.74) is 3.10. The van der Waals surface area contributed by atoms with Crippen LogP contribution >= 0.6 is 0 Å². The number of carbonyl (C=O) groups is 3. The molecular formula is C28H25NO5. The molecule has 1 heterocycles. The van der Waals surface area contributed by atoms with Gasteiger partial charge in [-0.1, -0.05) is 43.0 Å². The Morgan fingerprint density at radius 3 is 2.59 bits per heavy atom. The average Bonchev–Trinajstić information content (AvgIpc) is 3.15. The van der Waals surface area contributed by atoms with Crippen LogP contribution in [0.3, 0.4) is 0 Å². The van der Waals surface area contributed by atoms with Crippen molar-refractivity contribution in [3.05, 3.63) is 107 Å². The number of carboxylic acid groups (broad SMARTS) is 1. The van der Waals surface area contributed by atoms with Crippen LogP contribution in [0.15, 0.2) is 90.3 Å². The quantitative estimate of drug-likeness (QED) is 0.659. The Hall–Kier alpha value is -3.77. The Balaban J connectivity index is 1.61. The molecule has 172 valence electrons. The van der Waals surface area contributed by atoms with E-state index in [1.807, 2.05) is 25.3 Å². The molecule has 2 N–H and O–H groups in total. The standard InChI is InChI=1S/C28H25NO5/c1-15-3-6-19-24(11-15)34-25-12-16(14-29-2)4-7-20(25)27(19)18-8-5-17(13-21(18)28(32)33)26-22(30)9-10-23(26)31/h3-13,19-20,25-27,29H,1,14H2,2H3,(H,32,33). The van der Waals surface area contributed by atoms with Gasteiger partial charge in [0.2, 0.25) is 0 Å². The molecule has 5 rings (SSSR count). The van der Waals surface area contributed by atoms with Crippen molar-refractivity contribution < 1.29 is 24.2 Å². The molecule has 0 bridgehead atoms. The van der Waals surface area contributed by atoms with Gasteiger partial charge in [-0.25, -0.2) is 4.79 Å². The van der Waals surface area contributed by atoms with Crippen molar-refractivity contribution in [3.8, 4) is 0 Å². The molecule has 0 saturated carbocycles. The number of hydrogen-bond donors (Lipinski definition) is 2. The highest BCUT2D eigenvalue weighted by atomic mass is 16.5. The molecule has 3 aliphatic carbocycles. The molecule has 0 spiro atoms. The summed E-state index contributed by atoms with van der Waals surface area (Å²) in [5, 5.41) is 13.3. The van der Waals surface area contributed by atoms with Crippen LogP contribution in [-0.4, -0.2) is 42.3 Å². The van der Waals surface area contributed by atoms with E-state index in [0.717, 1.165) is 16.9 Å². The zero-order valence-electron chi connectivity index (χ0n) is 18.7. The van der Waals surface area contributed by atoms with E-state index in [1.54, 1.807) is 12.1 Å². The molecule has 0 amide bonds. The van der Waals surface area contributed by atoms with Gasteiger partial charge in [0.1, 0.15) is 17.8 Å². The van der Waals surface area contributed by atoms with Gasteiger partial charge in [0.25, 0.3) is 0 Å². The van der Waals surface area contributed by atoms with Gasteiger partial charge in [-0.05, 0) is 59.7 Å². The van der Waals surface area contributed by atoms with E-state index < -0.39 is 11.9 Å². The summed E-state index contributed by atoms with van der Waals surface area (Å²) in [7, 11) is 1.88. The van der Waals surface area contributed by atoms with Crippen LogP contribution in [0.4, 0.5) is 0 Å². The number of aromatic carboxylic acids is 1.